The monoisotopic (exact) mass is 361 g/mol. The highest BCUT2D eigenvalue weighted by molar-refractivity contribution is 5.91. The molecule has 3 N–H and O–H groups in total. The highest BCUT2D eigenvalue weighted by Crippen LogP contribution is 2.26. The average Bonchev–Trinajstić information content (AvgIpc) is 3.01. The van der Waals surface area contributed by atoms with E-state index in [0.29, 0.717) is 10.7 Å². The maximum Gasteiger partial charge on any atom is 0.430 e. The minimum atomic E-state index is -0.843. The third-order valence-electron chi connectivity index (χ3n) is 3.02. The maximum absolute atomic E-state index is 13.1. The van der Waals surface area contributed by atoms with Crippen molar-refractivity contribution in [2.45, 2.75) is 26.4 Å². The first-order chi connectivity index (χ1) is 12.2. The Morgan fingerprint density at radius 2 is 1.81 bits per heavy atom. The maximum atomic E-state index is 13.1. The van der Waals surface area contributed by atoms with Gasteiger partial charge in [0.05, 0.1) is 0 Å². The zero-order chi connectivity index (χ0) is 18.9. The molecular weight excluding hydrogens is 345 g/mol. The predicted octanol–water partition coefficient (Wildman–Crippen LogP) is 2.51. The van der Waals surface area contributed by atoms with Gasteiger partial charge in [-0.1, -0.05) is 0 Å². The van der Waals surface area contributed by atoms with E-state index in [4.69, 9.17) is 10.6 Å². The topological polar surface area (TPSA) is 132 Å². The number of fused-ring (bicyclic) bond motifs is 1. The number of aromatic nitrogens is 4. The average molecular weight is 361 g/mol. The van der Waals surface area contributed by atoms with Gasteiger partial charge in [-0.2, -0.15) is 9.99 Å². The fourth-order valence-corrected chi connectivity index (χ4v) is 1.95. The summed E-state index contributed by atoms with van der Waals surface area (Å²) in [6, 6.07) is 5.50. The van der Waals surface area contributed by atoms with Gasteiger partial charge in [-0.15, -0.1) is 0 Å². The second-order valence-electron chi connectivity index (χ2n) is 6.29. The Morgan fingerprint density at radius 1 is 1.19 bits per heavy atom. The molecule has 1 amide bonds. The van der Waals surface area contributed by atoms with Crippen LogP contribution in [0.5, 0.6) is 0 Å². The van der Waals surface area contributed by atoms with Crippen molar-refractivity contribution < 1.29 is 18.6 Å². The number of rotatable bonds is 3. The number of nitrogens with one attached hydrogen (secondary N) is 1. The minimum Gasteiger partial charge on any atom is -0.442 e. The lowest BCUT2D eigenvalue weighted by molar-refractivity contribution is 0.0579. The van der Waals surface area contributed by atoms with Gasteiger partial charge < -0.3 is 10.1 Å². The van der Waals surface area contributed by atoms with Crippen LogP contribution in [0.1, 0.15) is 20.8 Å². The molecule has 0 bridgehead atoms. The lowest BCUT2D eigenvalue weighted by Crippen LogP contribution is -2.42. The molecule has 0 radical (unpaired) electrons. The molecule has 0 fully saturated rings. The van der Waals surface area contributed by atoms with Crippen molar-refractivity contribution in [3.63, 3.8) is 0 Å². The summed E-state index contributed by atoms with van der Waals surface area (Å²) in [5.41, 5.74) is -0.0957. The third-order valence-corrected chi connectivity index (χ3v) is 3.02. The molecule has 0 saturated carbocycles. The number of carbonyl (C=O) groups is 1. The molecule has 0 aliphatic rings. The fraction of sp³-hybridized carbons (Fsp3) is 0.267. The van der Waals surface area contributed by atoms with E-state index in [1.165, 1.54) is 24.3 Å². The van der Waals surface area contributed by atoms with Crippen molar-refractivity contribution in [3.8, 4) is 0 Å². The van der Waals surface area contributed by atoms with Gasteiger partial charge in [0.1, 0.15) is 11.4 Å². The number of nitrogens with two attached hydrogens (primary N) is 1. The fourth-order valence-electron chi connectivity index (χ4n) is 1.95. The summed E-state index contributed by atoms with van der Waals surface area (Å²) in [4.78, 5) is 20.6. The number of amides is 1. The van der Waals surface area contributed by atoms with Crippen LogP contribution in [-0.4, -0.2) is 32.0 Å². The van der Waals surface area contributed by atoms with E-state index >= 15 is 0 Å². The van der Waals surface area contributed by atoms with Crippen molar-refractivity contribution in [3.05, 3.63) is 30.1 Å². The van der Waals surface area contributed by atoms with Crippen LogP contribution in [0.4, 0.5) is 26.5 Å². The summed E-state index contributed by atoms with van der Waals surface area (Å²) in [6.45, 7) is 5.10. The van der Waals surface area contributed by atoms with Crippen molar-refractivity contribution >= 4 is 34.7 Å². The van der Waals surface area contributed by atoms with Crippen LogP contribution in [0, 0.1) is 5.82 Å². The molecule has 1 aromatic carbocycles. The summed E-state index contributed by atoms with van der Waals surface area (Å²) in [5, 5.41) is 10.8. The number of halogens is 1. The van der Waals surface area contributed by atoms with Gasteiger partial charge in [0.2, 0.25) is 11.3 Å². The van der Waals surface area contributed by atoms with Gasteiger partial charge in [0.25, 0.3) is 0 Å². The lowest BCUT2D eigenvalue weighted by Gasteiger charge is -2.24. The van der Waals surface area contributed by atoms with Crippen LogP contribution < -0.4 is 16.2 Å². The summed E-state index contributed by atoms with van der Waals surface area (Å²) in [5.74, 6) is 5.49. The molecule has 2 aromatic heterocycles. The second-order valence-corrected chi connectivity index (χ2v) is 6.29. The quantitative estimate of drug-likeness (QED) is 0.410. The number of nitrogens with zero attached hydrogens (tertiary/aromatic N) is 5. The molecule has 3 aromatic rings. The molecule has 0 saturated heterocycles. The molecule has 10 nitrogen and oxygen atoms in total. The van der Waals surface area contributed by atoms with Crippen molar-refractivity contribution in [2.75, 3.05) is 10.3 Å². The highest BCUT2D eigenvalue weighted by Gasteiger charge is 2.26. The van der Waals surface area contributed by atoms with E-state index in [2.05, 4.69) is 30.2 Å². The molecule has 0 spiro atoms. The van der Waals surface area contributed by atoms with Gasteiger partial charge in [-0.3, -0.25) is 0 Å². The molecule has 136 valence electrons. The number of ether oxygens (including phenoxy) is 1. The van der Waals surface area contributed by atoms with Crippen LogP contribution >= 0.6 is 0 Å². The van der Waals surface area contributed by atoms with Crippen LogP contribution in [-0.2, 0) is 4.74 Å². The predicted molar refractivity (Wildman–Crippen MR) is 90.0 cm³/mol. The molecule has 3 rings (SSSR count). The smallest absolute Gasteiger partial charge is 0.430 e. The first kappa shape index (κ1) is 17.5. The summed E-state index contributed by atoms with van der Waals surface area (Å²) in [7, 11) is 0. The van der Waals surface area contributed by atoms with Crippen molar-refractivity contribution in [1.29, 1.82) is 0 Å². The van der Waals surface area contributed by atoms with E-state index in [-0.39, 0.29) is 22.9 Å². The second kappa shape index (κ2) is 6.52. The number of anilines is 3. The SMILES string of the molecule is CC(C)(C)OC(=O)N(N)c1nc2nonc2nc1Nc1ccc(F)cc1. The first-order valence-corrected chi connectivity index (χ1v) is 7.53. The first-order valence-electron chi connectivity index (χ1n) is 7.53. The standard InChI is InChI=1S/C15H16FN7O3/c1-15(2,3)25-14(24)23(17)13-12(18-9-6-4-8(16)5-7-9)19-10-11(20-13)22-26-21-10/h4-7H,17H2,1-3H3,(H,18,19,21). The molecule has 0 aliphatic carbocycles. The number of hydrogen-bond donors (Lipinski definition) is 2. The molecule has 0 aliphatic heterocycles. The Balaban J connectivity index is 1.99. The lowest BCUT2D eigenvalue weighted by atomic mass is 10.2. The highest BCUT2D eigenvalue weighted by atomic mass is 19.1. The van der Waals surface area contributed by atoms with E-state index in [9.17, 15) is 9.18 Å². The van der Waals surface area contributed by atoms with Gasteiger partial charge in [0.15, 0.2) is 11.6 Å². The Bertz CT molecular complexity index is 937. The van der Waals surface area contributed by atoms with Crippen LogP contribution in [0.3, 0.4) is 0 Å². The zero-order valence-corrected chi connectivity index (χ0v) is 14.2. The van der Waals surface area contributed by atoms with Gasteiger partial charge in [-0.25, -0.2) is 24.6 Å². The van der Waals surface area contributed by atoms with Crippen molar-refractivity contribution in [2.24, 2.45) is 5.84 Å². The molecular formula is C15H16FN7O3. The summed E-state index contributed by atoms with van der Waals surface area (Å²) in [6.07, 6.45) is -0.843. The summed E-state index contributed by atoms with van der Waals surface area (Å²) < 4.78 is 22.9. The Labute approximate surface area is 147 Å². The van der Waals surface area contributed by atoms with E-state index in [0.717, 1.165) is 0 Å². The molecule has 26 heavy (non-hydrogen) atoms. The van der Waals surface area contributed by atoms with E-state index in [1.54, 1.807) is 20.8 Å². The molecule has 0 atom stereocenters. The largest absolute Gasteiger partial charge is 0.442 e. The normalized spacial score (nSPS) is 11.4. The van der Waals surface area contributed by atoms with Gasteiger partial charge >= 0.3 is 6.09 Å². The minimum absolute atomic E-state index is 0.0589. The molecule has 2 heterocycles. The van der Waals surface area contributed by atoms with Crippen LogP contribution in [0.2, 0.25) is 0 Å². The van der Waals surface area contributed by atoms with E-state index < -0.39 is 17.5 Å². The number of hydrazine groups is 1. The summed E-state index contributed by atoms with van der Waals surface area (Å²) >= 11 is 0. The molecule has 11 heteroatoms. The Kier molecular flexibility index (Phi) is 4.38. The third kappa shape index (κ3) is 3.83. The van der Waals surface area contributed by atoms with Crippen LogP contribution in [0.15, 0.2) is 28.9 Å². The van der Waals surface area contributed by atoms with Crippen molar-refractivity contribution in [1.82, 2.24) is 20.3 Å². The van der Waals surface area contributed by atoms with Crippen LogP contribution in [0.25, 0.3) is 11.3 Å². The Morgan fingerprint density at radius 3 is 2.42 bits per heavy atom. The zero-order valence-electron chi connectivity index (χ0n) is 14.2. The molecule has 0 unspecified atom stereocenters. The number of carbonyl (C=O) groups excluding carboxylic acids is 1. The van der Waals surface area contributed by atoms with Gasteiger partial charge in [-0.05, 0) is 55.4 Å². The van der Waals surface area contributed by atoms with E-state index in [1.807, 2.05) is 0 Å². The number of hydrogen-bond acceptors (Lipinski definition) is 9. The Hall–Kier alpha value is -3.34. The van der Waals surface area contributed by atoms with Gasteiger partial charge in [0, 0.05) is 5.69 Å². The number of benzene rings is 1.